The molecule has 0 saturated carbocycles. The molecule has 1 aromatic carbocycles. The van der Waals surface area contributed by atoms with E-state index in [1.54, 1.807) is 6.07 Å². The van der Waals surface area contributed by atoms with Gasteiger partial charge in [-0.1, -0.05) is 11.6 Å². The SMILES string of the molecule is C[C@@H]1CN([C@@H](C)C(=O)Nc2ccc(Cl)c(S(=O)(=O)N(C)C)c2)C[C@@H](C)O1. The highest BCUT2D eigenvalue weighted by molar-refractivity contribution is 7.89. The molecule has 3 atom stereocenters. The minimum atomic E-state index is -3.70. The van der Waals surface area contributed by atoms with Crippen molar-refractivity contribution in [1.82, 2.24) is 9.21 Å². The maximum Gasteiger partial charge on any atom is 0.244 e. The number of carbonyl (C=O) groups is 1. The second kappa shape index (κ2) is 8.22. The van der Waals surface area contributed by atoms with E-state index in [4.69, 9.17) is 16.3 Å². The van der Waals surface area contributed by atoms with Crippen LogP contribution in [0.15, 0.2) is 23.1 Å². The molecule has 1 heterocycles. The summed E-state index contributed by atoms with van der Waals surface area (Å²) in [6.45, 7) is 7.11. The van der Waals surface area contributed by atoms with Gasteiger partial charge >= 0.3 is 0 Å². The summed E-state index contributed by atoms with van der Waals surface area (Å²) in [6.07, 6.45) is 0.114. The number of benzene rings is 1. The van der Waals surface area contributed by atoms with Crippen LogP contribution >= 0.6 is 11.6 Å². The molecule has 146 valence electrons. The van der Waals surface area contributed by atoms with E-state index in [1.165, 1.54) is 26.2 Å². The smallest absolute Gasteiger partial charge is 0.244 e. The van der Waals surface area contributed by atoms with Gasteiger partial charge in [0.2, 0.25) is 15.9 Å². The van der Waals surface area contributed by atoms with Crippen LogP contribution in [-0.2, 0) is 19.6 Å². The Morgan fingerprint density at radius 3 is 2.42 bits per heavy atom. The number of nitrogens with zero attached hydrogens (tertiary/aromatic N) is 2. The Morgan fingerprint density at radius 2 is 1.88 bits per heavy atom. The van der Waals surface area contributed by atoms with Crippen LogP contribution in [0.5, 0.6) is 0 Å². The predicted molar refractivity (Wildman–Crippen MR) is 102 cm³/mol. The number of sulfonamides is 1. The van der Waals surface area contributed by atoms with Gasteiger partial charge in [-0.15, -0.1) is 0 Å². The second-order valence-electron chi connectivity index (χ2n) is 6.81. The highest BCUT2D eigenvalue weighted by Gasteiger charge is 2.29. The van der Waals surface area contributed by atoms with Crippen molar-refractivity contribution in [1.29, 1.82) is 0 Å². The molecule has 0 unspecified atom stereocenters. The molecule has 7 nitrogen and oxygen atoms in total. The number of ether oxygens (including phenoxy) is 1. The van der Waals surface area contributed by atoms with Crippen LogP contribution in [0.25, 0.3) is 0 Å². The molecule has 1 saturated heterocycles. The number of rotatable bonds is 5. The average molecular weight is 404 g/mol. The van der Waals surface area contributed by atoms with Gasteiger partial charge in [0.15, 0.2) is 0 Å². The highest BCUT2D eigenvalue weighted by atomic mass is 35.5. The van der Waals surface area contributed by atoms with Crippen molar-refractivity contribution in [2.45, 2.75) is 43.9 Å². The number of hydrogen-bond donors (Lipinski definition) is 1. The molecule has 26 heavy (non-hydrogen) atoms. The van der Waals surface area contributed by atoms with E-state index in [2.05, 4.69) is 10.2 Å². The molecule has 0 aromatic heterocycles. The Morgan fingerprint density at radius 1 is 1.31 bits per heavy atom. The van der Waals surface area contributed by atoms with Crippen molar-refractivity contribution >= 4 is 33.2 Å². The Labute approximate surface area is 160 Å². The zero-order chi connectivity index (χ0) is 19.6. The van der Waals surface area contributed by atoms with E-state index in [0.717, 1.165) is 4.31 Å². The fourth-order valence-electron chi connectivity index (χ4n) is 2.92. The van der Waals surface area contributed by atoms with Gasteiger partial charge in [0.1, 0.15) is 4.90 Å². The Balaban J connectivity index is 2.16. The van der Waals surface area contributed by atoms with Gasteiger partial charge in [0.25, 0.3) is 0 Å². The van der Waals surface area contributed by atoms with Crippen LogP contribution in [0.3, 0.4) is 0 Å². The topological polar surface area (TPSA) is 79.0 Å². The molecule has 1 aromatic rings. The van der Waals surface area contributed by atoms with Crippen LogP contribution < -0.4 is 5.32 Å². The van der Waals surface area contributed by atoms with Gasteiger partial charge in [-0.3, -0.25) is 9.69 Å². The molecule has 0 aliphatic carbocycles. The van der Waals surface area contributed by atoms with Gasteiger partial charge in [-0.2, -0.15) is 0 Å². The number of halogens is 1. The summed E-state index contributed by atoms with van der Waals surface area (Å²) in [5, 5.41) is 2.90. The lowest BCUT2D eigenvalue weighted by atomic mass is 10.1. The van der Waals surface area contributed by atoms with Gasteiger partial charge < -0.3 is 10.1 Å². The van der Waals surface area contributed by atoms with E-state index < -0.39 is 10.0 Å². The van der Waals surface area contributed by atoms with Crippen molar-refractivity contribution in [3.8, 4) is 0 Å². The zero-order valence-electron chi connectivity index (χ0n) is 15.7. The van der Waals surface area contributed by atoms with Crippen molar-refractivity contribution in [2.75, 3.05) is 32.5 Å². The fraction of sp³-hybridized carbons (Fsp3) is 0.588. The average Bonchev–Trinajstić information content (AvgIpc) is 2.54. The van der Waals surface area contributed by atoms with Crippen LogP contribution in [0, 0.1) is 0 Å². The first-order valence-corrected chi connectivity index (χ1v) is 10.3. The summed E-state index contributed by atoms with van der Waals surface area (Å²) in [5.41, 5.74) is 0.390. The normalized spacial score (nSPS) is 23.0. The van der Waals surface area contributed by atoms with Crippen LogP contribution in [0.4, 0.5) is 5.69 Å². The monoisotopic (exact) mass is 403 g/mol. The number of amides is 1. The molecule has 0 bridgehead atoms. The largest absolute Gasteiger partial charge is 0.373 e. The van der Waals surface area contributed by atoms with Crippen LogP contribution in [0.2, 0.25) is 5.02 Å². The van der Waals surface area contributed by atoms with E-state index in [0.29, 0.717) is 18.8 Å². The van der Waals surface area contributed by atoms with E-state index in [1.807, 2.05) is 20.8 Å². The third-order valence-electron chi connectivity index (χ3n) is 4.33. The van der Waals surface area contributed by atoms with Gasteiger partial charge in [-0.05, 0) is 39.0 Å². The van der Waals surface area contributed by atoms with Crippen LogP contribution in [-0.4, -0.2) is 69.0 Å². The fourth-order valence-corrected chi connectivity index (χ4v) is 4.32. The molecule has 1 amide bonds. The summed E-state index contributed by atoms with van der Waals surface area (Å²) in [5.74, 6) is -0.207. The second-order valence-corrected chi connectivity index (χ2v) is 9.34. The lowest BCUT2D eigenvalue weighted by Gasteiger charge is -2.38. The summed E-state index contributed by atoms with van der Waals surface area (Å²) in [4.78, 5) is 14.6. The molecular formula is C17H26ClN3O4S. The molecule has 1 aliphatic heterocycles. The predicted octanol–water partition coefficient (Wildman–Crippen LogP) is 2.03. The Kier molecular flexibility index (Phi) is 6.68. The van der Waals surface area contributed by atoms with E-state index >= 15 is 0 Å². The molecule has 0 radical (unpaired) electrons. The number of carbonyl (C=O) groups excluding carboxylic acids is 1. The highest BCUT2D eigenvalue weighted by Crippen LogP contribution is 2.27. The Bertz CT molecular complexity index is 759. The van der Waals surface area contributed by atoms with Crippen molar-refractivity contribution in [3.63, 3.8) is 0 Å². The lowest BCUT2D eigenvalue weighted by molar-refractivity contribution is -0.126. The number of hydrogen-bond acceptors (Lipinski definition) is 5. The summed E-state index contributed by atoms with van der Waals surface area (Å²) in [7, 11) is -0.837. The van der Waals surface area contributed by atoms with Crippen molar-refractivity contribution in [2.24, 2.45) is 0 Å². The molecule has 2 rings (SSSR count). The maximum absolute atomic E-state index is 12.6. The van der Waals surface area contributed by atoms with E-state index in [9.17, 15) is 13.2 Å². The number of anilines is 1. The molecule has 1 N–H and O–H groups in total. The maximum atomic E-state index is 12.6. The third-order valence-corrected chi connectivity index (χ3v) is 6.63. The summed E-state index contributed by atoms with van der Waals surface area (Å²) >= 11 is 6.04. The van der Waals surface area contributed by atoms with Crippen molar-refractivity contribution < 1.29 is 17.9 Å². The molecule has 9 heteroatoms. The Hall–Kier alpha value is -1.19. The van der Waals surface area contributed by atoms with Crippen LogP contribution in [0.1, 0.15) is 20.8 Å². The molecule has 1 fully saturated rings. The van der Waals surface area contributed by atoms with Gasteiger partial charge in [0, 0.05) is 32.9 Å². The third kappa shape index (κ3) is 4.75. The molecular weight excluding hydrogens is 378 g/mol. The summed E-state index contributed by atoms with van der Waals surface area (Å²) in [6, 6.07) is 4.07. The summed E-state index contributed by atoms with van der Waals surface area (Å²) < 4.78 is 31.5. The number of nitrogens with one attached hydrogen (secondary N) is 1. The minimum Gasteiger partial charge on any atom is -0.373 e. The quantitative estimate of drug-likeness (QED) is 0.813. The molecule has 1 aliphatic rings. The molecule has 0 spiro atoms. The lowest BCUT2D eigenvalue weighted by Crippen LogP contribution is -2.52. The first kappa shape index (κ1) is 21.1. The first-order valence-electron chi connectivity index (χ1n) is 8.44. The van der Waals surface area contributed by atoms with E-state index in [-0.39, 0.29) is 34.1 Å². The van der Waals surface area contributed by atoms with Crippen molar-refractivity contribution in [3.05, 3.63) is 23.2 Å². The van der Waals surface area contributed by atoms with Gasteiger partial charge in [-0.25, -0.2) is 12.7 Å². The number of morpholine rings is 1. The zero-order valence-corrected chi connectivity index (χ0v) is 17.3. The standard InChI is InChI=1S/C17H26ClN3O4S/c1-11-9-21(10-12(2)25-11)13(3)17(22)19-14-6-7-15(18)16(8-14)26(23,24)20(4)5/h6-8,11-13H,9-10H2,1-5H3,(H,19,22)/t11-,12-,13+/m1/s1. The van der Waals surface area contributed by atoms with Gasteiger partial charge in [0.05, 0.1) is 23.3 Å². The first-order chi connectivity index (χ1) is 12.0. The minimum absolute atomic E-state index is 0.0387.